The molecule has 1 aromatic heterocycles. The van der Waals surface area contributed by atoms with E-state index in [-0.39, 0.29) is 11.8 Å². The smallest absolute Gasteiger partial charge is 0.226 e. The number of carbonyl (C=O) groups is 1. The predicted molar refractivity (Wildman–Crippen MR) is 91.3 cm³/mol. The lowest BCUT2D eigenvalue weighted by atomic mass is 9.87. The number of rotatable bonds is 4. The lowest BCUT2D eigenvalue weighted by molar-refractivity contribution is -0.135. The molecule has 0 radical (unpaired) electrons. The molecule has 0 unspecified atom stereocenters. The van der Waals surface area contributed by atoms with Crippen molar-refractivity contribution in [2.75, 3.05) is 26.0 Å². The zero-order chi connectivity index (χ0) is 16.4. The van der Waals surface area contributed by atoms with E-state index < -0.39 is 0 Å². The van der Waals surface area contributed by atoms with Crippen molar-refractivity contribution in [1.29, 1.82) is 0 Å². The number of anilines is 1. The second-order valence-electron chi connectivity index (χ2n) is 6.57. The molecular formula is C18H24N4O. The summed E-state index contributed by atoms with van der Waals surface area (Å²) < 4.78 is 0. The first-order valence-electron chi connectivity index (χ1n) is 8.07. The van der Waals surface area contributed by atoms with E-state index in [0.717, 1.165) is 36.2 Å². The van der Waals surface area contributed by atoms with Crippen LogP contribution in [0.5, 0.6) is 0 Å². The van der Waals surface area contributed by atoms with Crippen molar-refractivity contribution in [2.45, 2.75) is 25.8 Å². The van der Waals surface area contributed by atoms with Gasteiger partial charge in [0.25, 0.3) is 0 Å². The first-order valence-corrected chi connectivity index (χ1v) is 8.07. The molecular weight excluding hydrogens is 288 g/mol. The van der Waals surface area contributed by atoms with Gasteiger partial charge in [-0.15, -0.1) is 0 Å². The molecule has 5 nitrogen and oxygen atoms in total. The van der Waals surface area contributed by atoms with Gasteiger partial charge in [-0.1, -0.05) is 12.1 Å². The molecule has 2 aromatic rings. The topological polar surface area (TPSA) is 52.2 Å². The van der Waals surface area contributed by atoms with Crippen LogP contribution in [-0.4, -0.2) is 42.1 Å². The van der Waals surface area contributed by atoms with Gasteiger partial charge >= 0.3 is 0 Å². The van der Waals surface area contributed by atoms with E-state index in [1.165, 1.54) is 5.56 Å². The number of benzene rings is 1. The highest BCUT2D eigenvalue weighted by Crippen LogP contribution is 2.25. The lowest BCUT2D eigenvalue weighted by Crippen LogP contribution is -2.35. The third-order valence-corrected chi connectivity index (χ3v) is 4.59. The Kier molecular flexibility index (Phi) is 4.37. The van der Waals surface area contributed by atoms with E-state index in [4.69, 9.17) is 0 Å². The largest absolute Gasteiger partial charge is 0.378 e. The van der Waals surface area contributed by atoms with Gasteiger partial charge in [0.05, 0.1) is 6.20 Å². The molecule has 1 amide bonds. The zero-order valence-electron chi connectivity index (χ0n) is 14.0. The van der Waals surface area contributed by atoms with Crippen LogP contribution in [0, 0.1) is 5.92 Å². The molecule has 1 heterocycles. The van der Waals surface area contributed by atoms with Crippen LogP contribution in [-0.2, 0) is 24.2 Å². The third kappa shape index (κ3) is 3.38. The standard InChI is InChI=1S/C18H24N4O/c1-21(2)16-6-4-5-13(9-16)12-22(3)18(23)14-7-8-15-11-19-20-17(15)10-14/h4-6,9,11,14H,7-8,10,12H2,1-3H3,(H,19,20)/t14-/m0/s1. The number of nitrogens with zero attached hydrogens (tertiary/aromatic N) is 3. The molecule has 1 aliphatic carbocycles. The summed E-state index contributed by atoms with van der Waals surface area (Å²) in [4.78, 5) is 16.7. The highest BCUT2D eigenvalue weighted by molar-refractivity contribution is 5.79. The third-order valence-electron chi connectivity index (χ3n) is 4.59. The SMILES string of the molecule is CN(Cc1cccc(N(C)C)c1)C(=O)[C@H]1CCc2cn[nH]c2C1. The Hall–Kier alpha value is -2.30. The first kappa shape index (κ1) is 15.6. The lowest BCUT2D eigenvalue weighted by Gasteiger charge is -2.26. The minimum atomic E-state index is 0.0602. The highest BCUT2D eigenvalue weighted by atomic mass is 16.2. The van der Waals surface area contributed by atoms with Crippen molar-refractivity contribution in [3.05, 3.63) is 47.3 Å². The predicted octanol–water partition coefficient (Wildman–Crippen LogP) is 2.24. The summed E-state index contributed by atoms with van der Waals surface area (Å²) in [5, 5.41) is 7.11. The maximum absolute atomic E-state index is 12.7. The van der Waals surface area contributed by atoms with Gasteiger partial charge in [-0.25, -0.2) is 0 Å². The fourth-order valence-corrected chi connectivity index (χ4v) is 3.22. The molecule has 0 saturated heterocycles. The van der Waals surface area contributed by atoms with Crippen molar-refractivity contribution in [1.82, 2.24) is 15.1 Å². The number of hydrogen-bond acceptors (Lipinski definition) is 3. The molecule has 3 rings (SSSR count). The number of aryl methyl sites for hydroxylation is 1. The second kappa shape index (κ2) is 6.44. The van der Waals surface area contributed by atoms with Crippen LogP contribution in [0.15, 0.2) is 30.5 Å². The Morgan fingerprint density at radius 2 is 2.17 bits per heavy atom. The number of amides is 1. The minimum Gasteiger partial charge on any atom is -0.378 e. The van der Waals surface area contributed by atoms with Crippen LogP contribution < -0.4 is 4.90 Å². The Bertz CT molecular complexity index is 692. The summed E-state index contributed by atoms with van der Waals surface area (Å²) in [7, 11) is 5.95. The van der Waals surface area contributed by atoms with Gasteiger partial charge < -0.3 is 9.80 Å². The van der Waals surface area contributed by atoms with E-state index in [9.17, 15) is 4.79 Å². The van der Waals surface area contributed by atoms with Gasteiger partial charge in [0.1, 0.15) is 0 Å². The Morgan fingerprint density at radius 3 is 2.96 bits per heavy atom. The number of fused-ring (bicyclic) bond motifs is 1. The Morgan fingerprint density at radius 1 is 1.35 bits per heavy atom. The van der Waals surface area contributed by atoms with Gasteiger partial charge in [0.2, 0.25) is 5.91 Å². The summed E-state index contributed by atoms with van der Waals surface area (Å²) in [6, 6.07) is 8.33. The average Bonchev–Trinajstić information content (AvgIpc) is 3.01. The Labute approximate surface area is 137 Å². The molecule has 1 aromatic carbocycles. The quantitative estimate of drug-likeness (QED) is 0.942. The van der Waals surface area contributed by atoms with Crippen molar-refractivity contribution < 1.29 is 4.79 Å². The number of hydrogen-bond donors (Lipinski definition) is 1. The number of H-pyrrole nitrogens is 1. The Balaban J connectivity index is 1.65. The minimum absolute atomic E-state index is 0.0602. The molecule has 1 N–H and O–H groups in total. The molecule has 23 heavy (non-hydrogen) atoms. The summed E-state index contributed by atoms with van der Waals surface area (Å²) in [5.41, 5.74) is 4.70. The maximum Gasteiger partial charge on any atom is 0.226 e. The van der Waals surface area contributed by atoms with Crippen molar-refractivity contribution in [3.63, 3.8) is 0 Å². The molecule has 0 bridgehead atoms. The van der Waals surface area contributed by atoms with Crippen molar-refractivity contribution >= 4 is 11.6 Å². The summed E-state index contributed by atoms with van der Waals surface area (Å²) in [6.45, 7) is 0.646. The van der Waals surface area contributed by atoms with Gasteiger partial charge in [-0.05, 0) is 36.1 Å². The first-order chi connectivity index (χ1) is 11.0. The van der Waals surface area contributed by atoms with Crippen LogP contribution in [0.2, 0.25) is 0 Å². The van der Waals surface area contributed by atoms with Crippen molar-refractivity contribution in [3.8, 4) is 0 Å². The summed E-state index contributed by atoms with van der Waals surface area (Å²) in [5.74, 6) is 0.283. The van der Waals surface area contributed by atoms with Crippen LogP contribution in [0.3, 0.4) is 0 Å². The number of aromatic nitrogens is 2. The monoisotopic (exact) mass is 312 g/mol. The second-order valence-corrected chi connectivity index (χ2v) is 6.57. The normalized spacial score (nSPS) is 16.7. The molecule has 5 heteroatoms. The maximum atomic E-state index is 12.7. The van der Waals surface area contributed by atoms with E-state index in [1.807, 2.05) is 38.3 Å². The zero-order valence-corrected chi connectivity index (χ0v) is 14.0. The fourth-order valence-electron chi connectivity index (χ4n) is 3.22. The fraction of sp³-hybridized carbons (Fsp3) is 0.444. The van der Waals surface area contributed by atoms with Gasteiger partial charge in [0, 0.05) is 51.4 Å². The molecule has 0 aliphatic heterocycles. The highest BCUT2D eigenvalue weighted by Gasteiger charge is 2.28. The van der Waals surface area contributed by atoms with Gasteiger partial charge in [0.15, 0.2) is 0 Å². The molecule has 122 valence electrons. The summed E-state index contributed by atoms with van der Waals surface area (Å²) in [6.07, 6.45) is 4.50. The molecule has 0 spiro atoms. The average molecular weight is 312 g/mol. The van der Waals surface area contributed by atoms with Gasteiger partial charge in [-0.3, -0.25) is 9.89 Å². The number of carbonyl (C=O) groups excluding carboxylic acids is 1. The van der Waals surface area contributed by atoms with E-state index in [1.54, 1.807) is 0 Å². The number of aromatic amines is 1. The molecule has 1 atom stereocenters. The van der Waals surface area contributed by atoms with E-state index in [0.29, 0.717) is 6.54 Å². The van der Waals surface area contributed by atoms with Gasteiger partial charge in [-0.2, -0.15) is 5.10 Å². The summed E-state index contributed by atoms with van der Waals surface area (Å²) >= 11 is 0. The molecule has 0 fully saturated rings. The van der Waals surface area contributed by atoms with Crippen LogP contribution in [0.1, 0.15) is 23.2 Å². The van der Waals surface area contributed by atoms with E-state index >= 15 is 0 Å². The molecule has 0 saturated carbocycles. The van der Waals surface area contributed by atoms with Crippen LogP contribution >= 0.6 is 0 Å². The van der Waals surface area contributed by atoms with Crippen LogP contribution in [0.4, 0.5) is 5.69 Å². The van der Waals surface area contributed by atoms with Crippen molar-refractivity contribution in [2.24, 2.45) is 5.92 Å². The van der Waals surface area contributed by atoms with Crippen LogP contribution in [0.25, 0.3) is 0 Å². The molecule has 1 aliphatic rings. The van der Waals surface area contributed by atoms with E-state index in [2.05, 4.69) is 33.3 Å². The number of nitrogens with one attached hydrogen (secondary N) is 1.